The van der Waals surface area contributed by atoms with Crippen molar-refractivity contribution in [2.45, 2.75) is 19.4 Å². The summed E-state index contributed by atoms with van der Waals surface area (Å²) in [5.41, 5.74) is 2.79. The first-order valence-corrected chi connectivity index (χ1v) is 6.95. The highest BCUT2D eigenvalue weighted by atomic mass is 79.9. The molecular formula is C13H12BrFOS. The second-order valence-corrected chi connectivity index (χ2v) is 5.67. The largest absolute Gasteiger partial charge is 0.388 e. The third-order valence-corrected chi connectivity index (χ3v) is 3.94. The van der Waals surface area contributed by atoms with Crippen LogP contribution < -0.4 is 0 Å². The Morgan fingerprint density at radius 2 is 2.12 bits per heavy atom. The summed E-state index contributed by atoms with van der Waals surface area (Å²) in [6, 6.07) is 4.69. The Hall–Kier alpha value is -0.710. The van der Waals surface area contributed by atoms with Gasteiger partial charge in [0.25, 0.3) is 0 Å². The normalized spacial score (nSPS) is 12.7. The van der Waals surface area contributed by atoms with Gasteiger partial charge in [-0.3, -0.25) is 0 Å². The van der Waals surface area contributed by atoms with Gasteiger partial charge in [-0.25, -0.2) is 4.39 Å². The molecule has 0 saturated heterocycles. The minimum absolute atomic E-state index is 0.288. The first-order valence-electron chi connectivity index (χ1n) is 5.22. The lowest BCUT2D eigenvalue weighted by Gasteiger charge is -2.11. The number of aliphatic hydroxyl groups is 1. The number of hydrogen-bond acceptors (Lipinski definition) is 2. The van der Waals surface area contributed by atoms with Crippen LogP contribution in [0.15, 0.2) is 33.4 Å². The highest BCUT2D eigenvalue weighted by molar-refractivity contribution is 9.10. The molecule has 1 nitrogen and oxygen atoms in total. The van der Waals surface area contributed by atoms with E-state index < -0.39 is 6.10 Å². The van der Waals surface area contributed by atoms with Gasteiger partial charge in [-0.2, -0.15) is 11.3 Å². The summed E-state index contributed by atoms with van der Waals surface area (Å²) in [6.45, 7) is 1.97. The van der Waals surface area contributed by atoms with Gasteiger partial charge < -0.3 is 5.11 Å². The van der Waals surface area contributed by atoms with Crippen LogP contribution in [0.4, 0.5) is 4.39 Å². The van der Waals surface area contributed by atoms with Crippen molar-refractivity contribution in [3.05, 3.63) is 55.9 Å². The van der Waals surface area contributed by atoms with Crippen molar-refractivity contribution in [2.24, 2.45) is 0 Å². The fourth-order valence-corrected chi connectivity index (χ4v) is 3.18. The van der Waals surface area contributed by atoms with Gasteiger partial charge in [0.1, 0.15) is 5.82 Å². The maximum absolute atomic E-state index is 13.2. The van der Waals surface area contributed by atoms with Crippen molar-refractivity contribution in [1.29, 1.82) is 0 Å². The van der Waals surface area contributed by atoms with E-state index in [1.54, 1.807) is 11.3 Å². The van der Waals surface area contributed by atoms with Gasteiger partial charge in [0.2, 0.25) is 0 Å². The number of aliphatic hydroxyl groups excluding tert-OH is 1. The molecule has 4 heteroatoms. The monoisotopic (exact) mass is 314 g/mol. The summed E-state index contributed by atoms with van der Waals surface area (Å²) in [4.78, 5) is 0. The Morgan fingerprint density at radius 3 is 2.71 bits per heavy atom. The van der Waals surface area contributed by atoms with Crippen LogP contribution in [-0.4, -0.2) is 5.11 Å². The summed E-state index contributed by atoms with van der Waals surface area (Å²) in [5, 5.41) is 14.0. The molecule has 0 aliphatic carbocycles. The van der Waals surface area contributed by atoms with E-state index in [0.717, 1.165) is 16.7 Å². The van der Waals surface area contributed by atoms with Crippen molar-refractivity contribution in [3.63, 3.8) is 0 Å². The van der Waals surface area contributed by atoms with Gasteiger partial charge in [0, 0.05) is 10.9 Å². The van der Waals surface area contributed by atoms with Crippen LogP contribution in [0.25, 0.3) is 0 Å². The molecule has 0 radical (unpaired) electrons. The fourth-order valence-electron chi connectivity index (χ4n) is 1.77. The Labute approximate surface area is 112 Å². The number of thiophene rings is 1. The van der Waals surface area contributed by atoms with Crippen LogP contribution in [0.5, 0.6) is 0 Å². The molecule has 0 aliphatic heterocycles. The second kappa shape index (κ2) is 5.29. The van der Waals surface area contributed by atoms with E-state index in [1.165, 1.54) is 12.1 Å². The zero-order valence-electron chi connectivity index (χ0n) is 9.28. The second-order valence-electron chi connectivity index (χ2n) is 4.01. The molecule has 2 aromatic rings. The maximum atomic E-state index is 13.2. The summed E-state index contributed by atoms with van der Waals surface area (Å²) in [7, 11) is 0. The fraction of sp³-hybridized carbons (Fsp3) is 0.231. The van der Waals surface area contributed by atoms with Crippen LogP contribution in [0, 0.1) is 12.7 Å². The van der Waals surface area contributed by atoms with E-state index in [-0.39, 0.29) is 5.82 Å². The standard InChI is InChI=1S/C13H12BrFOS/c1-8-6-17-7-12(8)13(16)4-9-2-10(14)5-11(15)3-9/h2-3,5-7,13,16H,4H2,1H3. The van der Waals surface area contributed by atoms with Crippen molar-refractivity contribution in [2.75, 3.05) is 0 Å². The van der Waals surface area contributed by atoms with Crippen LogP contribution in [0.1, 0.15) is 22.8 Å². The maximum Gasteiger partial charge on any atom is 0.124 e. The Kier molecular flexibility index (Phi) is 3.97. The van der Waals surface area contributed by atoms with Crippen LogP contribution in [0.2, 0.25) is 0 Å². The van der Waals surface area contributed by atoms with Gasteiger partial charge in [0.05, 0.1) is 6.10 Å². The molecule has 0 amide bonds. The van der Waals surface area contributed by atoms with Crippen LogP contribution in [0.3, 0.4) is 0 Å². The van der Waals surface area contributed by atoms with Gasteiger partial charge in [-0.05, 0) is 52.6 Å². The summed E-state index contributed by atoms with van der Waals surface area (Å²) >= 11 is 4.81. The Balaban J connectivity index is 2.18. The smallest absolute Gasteiger partial charge is 0.124 e. The van der Waals surface area contributed by atoms with E-state index in [1.807, 2.05) is 23.8 Å². The minimum Gasteiger partial charge on any atom is -0.388 e. The molecule has 1 N–H and O–H groups in total. The highest BCUT2D eigenvalue weighted by Crippen LogP contribution is 2.26. The number of rotatable bonds is 3. The molecule has 0 aliphatic rings. The Bertz CT molecular complexity index is 504. The average Bonchev–Trinajstić information content (AvgIpc) is 2.62. The quantitative estimate of drug-likeness (QED) is 0.898. The lowest BCUT2D eigenvalue weighted by atomic mass is 10.0. The van der Waals surface area contributed by atoms with Crippen molar-refractivity contribution < 1.29 is 9.50 Å². The summed E-state index contributed by atoms with van der Waals surface area (Å²) in [6.07, 6.45) is -0.150. The molecule has 0 bridgehead atoms. The lowest BCUT2D eigenvalue weighted by Crippen LogP contribution is -2.02. The van der Waals surface area contributed by atoms with Gasteiger partial charge in [-0.1, -0.05) is 15.9 Å². The van der Waals surface area contributed by atoms with Gasteiger partial charge >= 0.3 is 0 Å². The van der Waals surface area contributed by atoms with E-state index in [0.29, 0.717) is 10.9 Å². The molecule has 2 rings (SSSR count). The summed E-state index contributed by atoms with van der Waals surface area (Å²) in [5.74, 6) is -0.288. The zero-order chi connectivity index (χ0) is 12.4. The molecule has 1 aromatic heterocycles. The van der Waals surface area contributed by atoms with Crippen molar-refractivity contribution in [1.82, 2.24) is 0 Å². The van der Waals surface area contributed by atoms with Gasteiger partial charge in [-0.15, -0.1) is 0 Å². The molecule has 1 heterocycles. The van der Waals surface area contributed by atoms with Crippen LogP contribution in [-0.2, 0) is 6.42 Å². The molecule has 0 spiro atoms. The first-order chi connectivity index (χ1) is 8.06. The zero-order valence-corrected chi connectivity index (χ0v) is 11.7. The molecule has 1 aromatic carbocycles. The van der Waals surface area contributed by atoms with Crippen molar-refractivity contribution in [3.8, 4) is 0 Å². The third kappa shape index (κ3) is 3.15. The Morgan fingerprint density at radius 1 is 1.35 bits per heavy atom. The van der Waals surface area contributed by atoms with E-state index in [2.05, 4.69) is 15.9 Å². The van der Waals surface area contributed by atoms with Crippen LogP contribution >= 0.6 is 27.3 Å². The molecule has 0 saturated carbocycles. The molecule has 1 unspecified atom stereocenters. The average molecular weight is 315 g/mol. The van der Waals surface area contributed by atoms with E-state index in [9.17, 15) is 9.50 Å². The number of aryl methyl sites for hydroxylation is 1. The van der Waals surface area contributed by atoms with Crippen molar-refractivity contribution >= 4 is 27.3 Å². The lowest BCUT2D eigenvalue weighted by molar-refractivity contribution is 0.178. The molecule has 1 atom stereocenters. The highest BCUT2D eigenvalue weighted by Gasteiger charge is 2.12. The SMILES string of the molecule is Cc1cscc1C(O)Cc1cc(F)cc(Br)c1. The third-order valence-electron chi connectivity index (χ3n) is 2.61. The molecule has 90 valence electrons. The number of halogens is 2. The van der Waals surface area contributed by atoms with E-state index >= 15 is 0 Å². The number of benzene rings is 1. The minimum atomic E-state index is -0.574. The molecule has 17 heavy (non-hydrogen) atoms. The van der Waals surface area contributed by atoms with E-state index in [4.69, 9.17) is 0 Å². The molecular weight excluding hydrogens is 303 g/mol. The predicted octanol–water partition coefficient (Wildman–Crippen LogP) is 4.23. The topological polar surface area (TPSA) is 20.2 Å². The summed E-state index contributed by atoms with van der Waals surface area (Å²) < 4.78 is 13.9. The number of hydrogen-bond donors (Lipinski definition) is 1. The molecule has 0 fully saturated rings. The first kappa shape index (κ1) is 12.7. The van der Waals surface area contributed by atoms with Gasteiger partial charge in [0.15, 0.2) is 0 Å². The predicted molar refractivity (Wildman–Crippen MR) is 71.8 cm³/mol.